The smallest absolute Gasteiger partial charge is 0.192 e. The van der Waals surface area contributed by atoms with Crippen LogP contribution in [0.5, 0.6) is 0 Å². The molecule has 1 aromatic carbocycles. The quantitative estimate of drug-likeness (QED) is 0.544. The zero-order chi connectivity index (χ0) is 11.3. The van der Waals surface area contributed by atoms with E-state index in [-0.39, 0.29) is 17.3 Å². The molecule has 0 atom stereocenters. The minimum absolute atomic E-state index is 0.0761. The van der Waals surface area contributed by atoms with Crippen LogP contribution < -0.4 is 16.8 Å². The number of anilines is 1. The predicted molar refractivity (Wildman–Crippen MR) is 63.9 cm³/mol. The Morgan fingerprint density at radius 1 is 1.60 bits per heavy atom. The molecule has 0 aliphatic heterocycles. The number of aliphatic imine (C=N–C) groups is 1. The average Bonchev–Trinajstić information content (AvgIpc) is 2.28. The van der Waals surface area contributed by atoms with Crippen molar-refractivity contribution in [1.29, 1.82) is 0 Å². The maximum absolute atomic E-state index is 12.0. The Morgan fingerprint density at radius 2 is 2.33 bits per heavy atom. The summed E-state index contributed by atoms with van der Waals surface area (Å²) in [6.45, 7) is 0.391. The number of nitrogens with two attached hydrogens (primary N) is 2. The highest BCUT2D eigenvalue weighted by molar-refractivity contribution is 8.09. The molecular formula is C9H13FN4S. The number of amidine groups is 1. The summed E-state index contributed by atoms with van der Waals surface area (Å²) in [7, 11) is 1.81. The summed E-state index contributed by atoms with van der Waals surface area (Å²) in [5, 5.41) is 2.89. The van der Waals surface area contributed by atoms with Gasteiger partial charge in [0.15, 0.2) is 5.17 Å². The second-order valence-corrected chi connectivity index (χ2v) is 3.40. The molecule has 0 unspecified atom stereocenters. The van der Waals surface area contributed by atoms with Crippen molar-refractivity contribution in [3.8, 4) is 0 Å². The highest BCUT2D eigenvalue weighted by Crippen LogP contribution is 2.22. The average molecular weight is 228 g/mol. The summed E-state index contributed by atoms with van der Waals surface area (Å²) >= 11 is -0.0761. The Balaban J connectivity index is 3.03. The molecule has 0 saturated carbocycles. The topological polar surface area (TPSA) is 76.4 Å². The Morgan fingerprint density at radius 3 is 2.87 bits per heavy atom. The van der Waals surface area contributed by atoms with Gasteiger partial charge in [-0.2, -0.15) is 3.89 Å². The van der Waals surface area contributed by atoms with Crippen molar-refractivity contribution in [2.45, 2.75) is 6.54 Å². The molecule has 0 bridgehead atoms. The Hall–Kier alpha value is -1.27. The van der Waals surface area contributed by atoms with Crippen LogP contribution in [0.2, 0.25) is 0 Å². The van der Waals surface area contributed by atoms with E-state index in [9.17, 15) is 3.89 Å². The molecule has 0 heterocycles. The van der Waals surface area contributed by atoms with Crippen LogP contribution in [-0.4, -0.2) is 12.2 Å². The third-order valence-electron chi connectivity index (χ3n) is 1.90. The summed E-state index contributed by atoms with van der Waals surface area (Å²) in [6.07, 6.45) is 0. The van der Waals surface area contributed by atoms with Gasteiger partial charge in [-0.15, -0.1) is 0 Å². The second-order valence-electron chi connectivity index (χ2n) is 2.82. The van der Waals surface area contributed by atoms with E-state index in [4.69, 9.17) is 11.5 Å². The van der Waals surface area contributed by atoms with Gasteiger partial charge >= 0.3 is 0 Å². The molecule has 6 heteroatoms. The lowest BCUT2D eigenvalue weighted by molar-refractivity contribution is 0.949. The molecule has 0 radical (unpaired) electrons. The standard InChI is InChI=1S/C9H13FN4S/c1-13-8-3-2-7(4-6(8)5-11)14-9(12)15-10/h2-4,13H,5,11H2,1H3,(H2,12,14). The van der Waals surface area contributed by atoms with Crippen LogP contribution in [0.3, 0.4) is 0 Å². The van der Waals surface area contributed by atoms with Gasteiger partial charge in [0.05, 0.1) is 5.69 Å². The zero-order valence-corrected chi connectivity index (χ0v) is 9.14. The van der Waals surface area contributed by atoms with E-state index in [1.54, 1.807) is 12.1 Å². The fourth-order valence-electron chi connectivity index (χ4n) is 1.21. The van der Waals surface area contributed by atoms with Gasteiger partial charge in [-0.3, -0.25) is 0 Å². The molecule has 4 nitrogen and oxygen atoms in total. The van der Waals surface area contributed by atoms with Gasteiger partial charge in [0.1, 0.15) is 12.1 Å². The minimum Gasteiger partial charge on any atom is -0.388 e. The summed E-state index contributed by atoms with van der Waals surface area (Å²) < 4.78 is 12.0. The Kier molecular flexibility index (Phi) is 4.38. The van der Waals surface area contributed by atoms with Crippen LogP contribution in [0.4, 0.5) is 15.3 Å². The SMILES string of the molecule is CNc1ccc(N=C(N)SF)cc1CN. The van der Waals surface area contributed by atoms with Gasteiger partial charge in [-0.05, 0) is 23.8 Å². The van der Waals surface area contributed by atoms with E-state index >= 15 is 0 Å². The molecule has 0 fully saturated rings. The molecule has 0 aromatic heterocycles. The Labute approximate surface area is 92.2 Å². The van der Waals surface area contributed by atoms with E-state index in [1.807, 2.05) is 13.1 Å². The van der Waals surface area contributed by atoms with Crippen molar-refractivity contribution in [3.05, 3.63) is 23.8 Å². The summed E-state index contributed by atoms with van der Waals surface area (Å²) in [5.41, 5.74) is 13.3. The molecular weight excluding hydrogens is 215 g/mol. The maximum Gasteiger partial charge on any atom is 0.192 e. The third-order valence-corrected chi connectivity index (χ3v) is 2.15. The van der Waals surface area contributed by atoms with Gasteiger partial charge < -0.3 is 16.8 Å². The van der Waals surface area contributed by atoms with E-state index in [0.717, 1.165) is 11.3 Å². The van der Waals surface area contributed by atoms with Crippen LogP contribution in [0, 0.1) is 0 Å². The van der Waals surface area contributed by atoms with E-state index in [1.165, 1.54) is 0 Å². The predicted octanol–water partition coefficient (Wildman–Crippen LogP) is 1.75. The summed E-state index contributed by atoms with van der Waals surface area (Å²) in [6, 6.07) is 5.35. The van der Waals surface area contributed by atoms with Gasteiger partial charge in [0, 0.05) is 19.3 Å². The second kappa shape index (κ2) is 5.57. The fourth-order valence-corrected chi connectivity index (χ4v) is 1.35. The number of rotatable bonds is 3. The Bertz CT molecular complexity index is 367. The number of benzene rings is 1. The van der Waals surface area contributed by atoms with Gasteiger partial charge in [0.2, 0.25) is 0 Å². The first kappa shape index (κ1) is 11.8. The maximum atomic E-state index is 12.0. The van der Waals surface area contributed by atoms with Gasteiger partial charge in [-0.25, -0.2) is 4.99 Å². The number of nitrogens with one attached hydrogen (secondary N) is 1. The lowest BCUT2D eigenvalue weighted by Crippen LogP contribution is -2.04. The summed E-state index contributed by atoms with van der Waals surface area (Å²) in [5.74, 6) is 0. The molecule has 0 saturated heterocycles. The minimum atomic E-state index is -0.116. The largest absolute Gasteiger partial charge is 0.388 e. The normalized spacial score (nSPS) is 11.5. The first-order valence-corrected chi connectivity index (χ1v) is 5.06. The number of hydrogen-bond acceptors (Lipinski definition) is 4. The highest BCUT2D eigenvalue weighted by atomic mass is 32.2. The molecule has 15 heavy (non-hydrogen) atoms. The van der Waals surface area contributed by atoms with Gasteiger partial charge in [-0.1, -0.05) is 0 Å². The number of nitrogens with zero attached hydrogens (tertiary/aromatic N) is 1. The molecule has 0 aliphatic carbocycles. The van der Waals surface area contributed by atoms with E-state index < -0.39 is 0 Å². The van der Waals surface area contributed by atoms with Crippen LogP contribution in [0.25, 0.3) is 0 Å². The molecule has 1 aromatic rings. The van der Waals surface area contributed by atoms with Crippen molar-refractivity contribution in [2.75, 3.05) is 12.4 Å². The first-order chi connectivity index (χ1) is 7.21. The van der Waals surface area contributed by atoms with Crippen LogP contribution in [0.1, 0.15) is 5.56 Å². The van der Waals surface area contributed by atoms with Crippen molar-refractivity contribution in [3.63, 3.8) is 0 Å². The number of halogens is 1. The molecule has 0 spiro atoms. The number of hydrogen-bond donors (Lipinski definition) is 3. The third kappa shape index (κ3) is 3.10. The molecule has 82 valence electrons. The van der Waals surface area contributed by atoms with Crippen molar-refractivity contribution in [1.82, 2.24) is 0 Å². The fraction of sp³-hybridized carbons (Fsp3) is 0.222. The van der Waals surface area contributed by atoms with E-state index in [0.29, 0.717) is 12.2 Å². The van der Waals surface area contributed by atoms with E-state index in [2.05, 4.69) is 10.3 Å². The zero-order valence-electron chi connectivity index (χ0n) is 8.33. The molecule has 0 aliphatic rings. The highest BCUT2D eigenvalue weighted by Gasteiger charge is 2.01. The van der Waals surface area contributed by atoms with Gasteiger partial charge in [0.25, 0.3) is 0 Å². The summed E-state index contributed by atoms with van der Waals surface area (Å²) in [4.78, 5) is 3.86. The molecule has 0 amide bonds. The van der Waals surface area contributed by atoms with Crippen molar-refractivity contribution in [2.24, 2.45) is 16.5 Å². The molecule has 1 rings (SSSR count). The van der Waals surface area contributed by atoms with Crippen molar-refractivity contribution >= 4 is 28.7 Å². The van der Waals surface area contributed by atoms with Crippen LogP contribution in [-0.2, 0) is 6.54 Å². The van der Waals surface area contributed by atoms with Crippen molar-refractivity contribution < 1.29 is 3.89 Å². The lowest BCUT2D eigenvalue weighted by Gasteiger charge is -2.07. The molecule has 5 N–H and O–H groups in total. The van der Waals surface area contributed by atoms with Crippen LogP contribution in [0.15, 0.2) is 23.2 Å². The monoisotopic (exact) mass is 228 g/mol. The van der Waals surface area contributed by atoms with Crippen LogP contribution >= 0.6 is 12.1 Å². The lowest BCUT2D eigenvalue weighted by atomic mass is 10.1. The first-order valence-electron chi connectivity index (χ1n) is 4.34.